The topological polar surface area (TPSA) is 9.23 Å². The van der Waals surface area contributed by atoms with E-state index in [0.717, 1.165) is 6.42 Å². The van der Waals surface area contributed by atoms with Crippen LogP contribution in [-0.2, 0) is 4.74 Å². The first-order valence-corrected chi connectivity index (χ1v) is 18.0. The van der Waals surface area contributed by atoms with Crippen LogP contribution < -0.4 is 36.6 Å². The van der Waals surface area contributed by atoms with Crippen molar-refractivity contribution in [2.45, 2.75) is 46.3 Å². The van der Waals surface area contributed by atoms with Crippen molar-refractivity contribution in [3.8, 4) is 0 Å². The van der Waals surface area contributed by atoms with Gasteiger partial charge in [-0.25, -0.2) is 0 Å². The second-order valence-corrected chi connectivity index (χ2v) is 19.3. The van der Waals surface area contributed by atoms with E-state index >= 15 is 0 Å². The Morgan fingerprint density at radius 3 is 1.44 bits per heavy atom. The van der Waals surface area contributed by atoms with Gasteiger partial charge in [-0.05, 0) is 0 Å². The molecule has 3 heteroatoms. The van der Waals surface area contributed by atoms with Crippen molar-refractivity contribution in [2.24, 2.45) is 17.8 Å². The van der Waals surface area contributed by atoms with Crippen LogP contribution in [0.3, 0.4) is 0 Å². The molecule has 1 heterocycles. The number of hydrogen-bond donors (Lipinski definition) is 0. The van der Waals surface area contributed by atoms with Crippen LogP contribution in [0, 0.1) is 17.8 Å². The number of halogens is 1. The molecular formula is C29H36IOP. The van der Waals surface area contributed by atoms with Crippen molar-refractivity contribution in [2.75, 3.05) is 4.43 Å². The standard InChI is InChI=1S/C29H36IOP/c1-5-28-23(3)22(2)24(4)29(31-28)21-30-32(25-15-9-6-10-16-25,26-17-11-7-12-18-26)27-19-13-8-14-20-27/h6-20,22-24,28-29H,5,21H2,1-4H3/t22?,23-,24?,28?,29+/m1/s1. The normalized spacial score (nSPS) is 26.2. The third-order valence-electron chi connectivity index (χ3n) is 7.32. The van der Waals surface area contributed by atoms with Crippen LogP contribution in [0.5, 0.6) is 0 Å². The first-order valence-electron chi connectivity index (χ1n) is 11.9. The Morgan fingerprint density at radius 2 is 1.03 bits per heavy atom. The van der Waals surface area contributed by atoms with Crippen LogP contribution in [0.2, 0.25) is 0 Å². The number of ether oxygens (including phenoxy) is 1. The van der Waals surface area contributed by atoms with Gasteiger partial charge >= 0.3 is 206 Å². The number of alkyl halides is 1. The van der Waals surface area contributed by atoms with Crippen molar-refractivity contribution >= 4 is 20.8 Å². The molecule has 1 aliphatic rings. The van der Waals surface area contributed by atoms with Gasteiger partial charge in [-0.15, -0.1) is 0 Å². The quantitative estimate of drug-likeness (QED) is 0.246. The molecule has 4 rings (SSSR count). The molecule has 3 aromatic carbocycles. The van der Waals surface area contributed by atoms with E-state index in [-0.39, 0.29) is 20.7 Å². The predicted octanol–water partition coefficient (Wildman–Crippen LogP) is 3.07. The summed E-state index contributed by atoms with van der Waals surface area (Å²) in [5.74, 6) is 1.96. The van der Waals surface area contributed by atoms with Crippen LogP contribution in [0.15, 0.2) is 91.0 Å². The van der Waals surface area contributed by atoms with Gasteiger partial charge in [0.1, 0.15) is 0 Å². The average Bonchev–Trinajstić information content (AvgIpc) is 2.86. The number of rotatable bonds is 7. The van der Waals surface area contributed by atoms with Gasteiger partial charge in [-0.1, -0.05) is 0 Å². The van der Waals surface area contributed by atoms with Gasteiger partial charge in [-0.3, -0.25) is 0 Å². The summed E-state index contributed by atoms with van der Waals surface area (Å²) in [6.07, 6.45) is 1.88. The van der Waals surface area contributed by atoms with Gasteiger partial charge in [0.15, 0.2) is 0 Å². The molecule has 3 unspecified atom stereocenters. The van der Waals surface area contributed by atoms with Crippen molar-refractivity contribution < 1.29 is 25.4 Å². The van der Waals surface area contributed by atoms with E-state index in [1.807, 2.05) is 0 Å². The molecule has 0 amide bonds. The maximum absolute atomic E-state index is 6.78. The molecule has 1 aliphatic heterocycles. The average molecular weight is 558 g/mol. The van der Waals surface area contributed by atoms with Gasteiger partial charge in [0, 0.05) is 0 Å². The van der Waals surface area contributed by atoms with Crippen molar-refractivity contribution in [3.05, 3.63) is 91.0 Å². The third kappa shape index (κ3) is 4.69. The summed E-state index contributed by atoms with van der Waals surface area (Å²) in [5.41, 5.74) is 0. The van der Waals surface area contributed by atoms with Crippen molar-refractivity contribution in [3.63, 3.8) is 0 Å². The Kier molecular flexibility index (Phi) is 8.08. The minimum atomic E-state index is -1.68. The molecule has 0 spiro atoms. The molecule has 1 fully saturated rings. The molecule has 1 saturated heterocycles. The molecule has 0 aliphatic carbocycles. The summed E-state index contributed by atoms with van der Waals surface area (Å²) in [7, 11) is 0. The van der Waals surface area contributed by atoms with E-state index in [0.29, 0.717) is 30.0 Å². The maximum atomic E-state index is 6.78. The second-order valence-electron chi connectivity index (χ2n) is 9.07. The van der Waals surface area contributed by atoms with E-state index < -0.39 is 4.90 Å². The molecule has 0 bridgehead atoms. The fourth-order valence-corrected chi connectivity index (χ4v) is 18.8. The monoisotopic (exact) mass is 558 g/mol. The summed E-state index contributed by atoms with van der Waals surface area (Å²) in [5, 5.41) is 4.55. The summed E-state index contributed by atoms with van der Waals surface area (Å²) >= 11 is -0.189. The Labute approximate surface area is 204 Å². The molecule has 3 aromatic rings. The molecule has 5 atom stereocenters. The summed E-state index contributed by atoms with van der Waals surface area (Å²) < 4.78 is 7.99. The molecule has 32 heavy (non-hydrogen) atoms. The molecule has 0 N–H and O–H groups in total. The van der Waals surface area contributed by atoms with Gasteiger partial charge in [0.2, 0.25) is 0 Å². The van der Waals surface area contributed by atoms with Crippen LogP contribution in [-0.4, -0.2) is 16.6 Å². The van der Waals surface area contributed by atoms with Crippen LogP contribution in [0.25, 0.3) is 0 Å². The Hall–Kier alpha value is -1.22. The van der Waals surface area contributed by atoms with Crippen LogP contribution >= 0.6 is 4.90 Å². The molecule has 0 radical (unpaired) electrons. The molecule has 0 aromatic heterocycles. The number of benzene rings is 3. The van der Waals surface area contributed by atoms with Gasteiger partial charge < -0.3 is 0 Å². The fraction of sp³-hybridized carbons (Fsp3) is 0.379. The Morgan fingerprint density at radius 1 is 0.625 bits per heavy atom. The van der Waals surface area contributed by atoms with Crippen molar-refractivity contribution in [1.82, 2.24) is 0 Å². The van der Waals surface area contributed by atoms with Crippen LogP contribution in [0.1, 0.15) is 34.1 Å². The van der Waals surface area contributed by atoms with Gasteiger partial charge in [0.25, 0.3) is 0 Å². The van der Waals surface area contributed by atoms with E-state index in [4.69, 9.17) is 4.74 Å². The van der Waals surface area contributed by atoms with Gasteiger partial charge in [0.05, 0.1) is 0 Å². The van der Waals surface area contributed by atoms with Crippen molar-refractivity contribution in [1.29, 1.82) is 0 Å². The number of hydrogen-bond acceptors (Lipinski definition) is 1. The zero-order valence-electron chi connectivity index (χ0n) is 19.7. The summed E-state index contributed by atoms with van der Waals surface area (Å²) in [6, 6.07) is 34.0. The van der Waals surface area contributed by atoms with E-state index in [1.165, 1.54) is 20.3 Å². The SMILES string of the molecule is CCC1O[C@@H](C[I-][P+](c2ccccc2)(c2ccccc2)c2ccccc2)C(C)C(C)[C@H]1C. The predicted molar refractivity (Wildman–Crippen MR) is 136 cm³/mol. The van der Waals surface area contributed by atoms with E-state index in [9.17, 15) is 0 Å². The van der Waals surface area contributed by atoms with Crippen LogP contribution in [0.4, 0.5) is 0 Å². The minimum absolute atomic E-state index is 0.189. The zero-order chi connectivity index (χ0) is 22.6. The Balaban J connectivity index is 1.77. The molecule has 0 saturated carbocycles. The third-order valence-corrected chi connectivity index (χ3v) is 21.0. The summed E-state index contributed by atoms with van der Waals surface area (Å²) in [4.78, 5) is -1.68. The first-order chi connectivity index (χ1) is 15.6. The molecular weight excluding hydrogens is 522 g/mol. The van der Waals surface area contributed by atoms with E-state index in [1.54, 1.807) is 0 Å². The first kappa shape index (κ1) is 23.9. The molecule has 1 nitrogen and oxygen atoms in total. The van der Waals surface area contributed by atoms with E-state index in [2.05, 4.69) is 119 Å². The molecule has 170 valence electrons. The second kappa shape index (κ2) is 10.8. The summed E-state index contributed by atoms with van der Waals surface area (Å²) in [6.45, 7) is 9.54. The fourth-order valence-electron chi connectivity index (χ4n) is 5.00. The van der Waals surface area contributed by atoms with Gasteiger partial charge in [-0.2, -0.15) is 0 Å². The zero-order valence-corrected chi connectivity index (χ0v) is 22.7. The Bertz CT molecular complexity index is 864.